The number of benzene rings is 8. The van der Waals surface area contributed by atoms with Crippen molar-refractivity contribution in [3.63, 3.8) is 0 Å². The van der Waals surface area contributed by atoms with Crippen LogP contribution < -0.4 is 61.0 Å². The summed E-state index contributed by atoms with van der Waals surface area (Å²) in [4.78, 5) is 20.6. The van der Waals surface area contributed by atoms with Gasteiger partial charge in [0, 0.05) is 46.4 Å². The van der Waals surface area contributed by atoms with Crippen LogP contribution in [-0.4, -0.2) is 84.2 Å². The van der Waals surface area contributed by atoms with Crippen molar-refractivity contribution in [1.82, 2.24) is 28.9 Å². The summed E-state index contributed by atoms with van der Waals surface area (Å²) in [6.45, 7) is 3.54. The fraction of sp³-hybridized carbons (Fsp3) is 0.114. The van der Waals surface area contributed by atoms with Gasteiger partial charge in [0.05, 0.1) is 86.8 Å². The molecule has 0 fully saturated rings. The second-order valence-electron chi connectivity index (χ2n) is 20.1. The minimum atomic E-state index is -0.635. The molecule has 86 heavy (non-hydrogen) atoms. The van der Waals surface area contributed by atoms with Crippen LogP contribution in [-0.2, 0) is 0 Å². The molecule has 0 saturated carbocycles. The van der Waals surface area contributed by atoms with Gasteiger partial charge in [0.15, 0.2) is 23.0 Å². The summed E-state index contributed by atoms with van der Waals surface area (Å²) in [6.07, 6.45) is 3.27. The molecule has 16 heteroatoms. The number of fused-ring (bicyclic) bond motifs is 3. The zero-order chi connectivity index (χ0) is 59.3. The first-order chi connectivity index (χ1) is 42.3. The zero-order valence-electron chi connectivity index (χ0n) is 48.2. The van der Waals surface area contributed by atoms with Crippen molar-refractivity contribution in [2.45, 2.75) is 13.8 Å². The first-order valence-electron chi connectivity index (χ1n) is 28.1. The van der Waals surface area contributed by atoms with E-state index in [-0.39, 0.29) is 22.5 Å². The average molecular weight is 1130 g/mol. The number of aromatic nitrogens is 6. The predicted molar refractivity (Wildman–Crippen MR) is 341 cm³/mol. The van der Waals surface area contributed by atoms with Gasteiger partial charge in [-0.3, -0.25) is 9.97 Å². The van der Waals surface area contributed by atoms with Crippen molar-refractivity contribution < 1.29 is 28.4 Å². The highest BCUT2D eigenvalue weighted by molar-refractivity contribution is 6.85. The summed E-state index contributed by atoms with van der Waals surface area (Å²) in [6, 6.07) is 69.6. The van der Waals surface area contributed by atoms with Gasteiger partial charge >= 0.3 is 13.7 Å². The fourth-order valence-electron chi connectivity index (χ4n) is 11.6. The predicted octanol–water partition coefficient (Wildman–Crippen LogP) is 9.25. The molecule has 418 valence electrons. The second kappa shape index (κ2) is 24.4. The Morgan fingerprint density at radius 3 is 1.00 bits per heavy atom. The number of hydrogen-bond donors (Lipinski definition) is 0. The molecule has 12 aromatic rings. The molecule has 12 rings (SSSR count). The number of hydrogen-bond acceptors (Lipinski definition) is 12. The van der Waals surface area contributed by atoms with Gasteiger partial charge in [0.1, 0.15) is 46.2 Å². The maximum atomic E-state index is 12.4. The summed E-state index contributed by atoms with van der Waals surface area (Å²) in [5, 5.41) is 27.1. The Balaban J connectivity index is 1.43. The first-order valence-corrected chi connectivity index (χ1v) is 28.1. The largest absolute Gasteiger partial charge is 0.494 e. The molecule has 0 amide bonds. The van der Waals surface area contributed by atoms with Gasteiger partial charge in [-0.2, -0.15) is 10.5 Å². The van der Waals surface area contributed by atoms with E-state index in [1.165, 1.54) is 0 Å². The van der Waals surface area contributed by atoms with Crippen molar-refractivity contribution >= 4 is 79.5 Å². The monoisotopic (exact) mass is 1130 g/mol. The lowest BCUT2D eigenvalue weighted by Gasteiger charge is -2.24. The van der Waals surface area contributed by atoms with Crippen LogP contribution in [0.25, 0.3) is 66.5 Å². The molecule has 0 atom stereocenters. The molecule has 0 aliphatic carbocycles. The van der Waals surface area contributed by atoms with Crippen LogP contribution in [0.5, 0.6) is 34.5 Å². The lowest BCUT2D eigenvalue weighted by atomic mass is 9.50. The third-order valence-corrected chi connectivity index (χ3v) is 15.3. The molecular formula is C70H56B2N8O6. The third kappa shape index (κ3) is 10.1. The highest BCUT2D eigenvalue weighted by Crippen LogP contribution is 2.39. The van der Waals surface area contributed by atoms with Crippen LogP contribution in [0, 0.1) is 22.7 Å². The van der Waals surface area contributed by atoms with Gasteiger partial charge in [0.2, 0.25) is 0 Å². The van der Waals surface area contributed by atoms with Gasteiger partial charge in [-0.1, -0.05) is 143 Å². The van der Waals surface area contributed by atoms with Crippen molar-refractivity contribution in [2.75, 3.05) is 41.7 Å². The van der Waals surface area contributed by atoms with Crippen LogP contribution in [0.1, 0.15) is 25.2 Å². The molecule has 0 aliphatic rings. The minimum Gasteiger partial charge on any atom is -0.494 e. The topological polar surface area (TPSA) is 164 Å². The standard InChI is InChI=1S/C70H56B2N8O6/c1-7-85-51-33-29-45(30-34-51)67-65-66(70(79(67)71(47-21-13-9-14-22-47)48-23-15-10-16-24-48)54(42-74)60-44-76-56-38-62(82-4)64(84-6)40-58(56)78-60)68(46-31-35-52(36-32-46)86-8-2)80(72(49-25-17-11-18-26-49)50-27-19-12-20-28-50)69(65)53(41-73)59-43-75-55-37-61(81-3)63(83-5)39-57(55)77-59/h9-40,43-44H,7-8H2,1-6H3/b69-53-,70-54-. The fourth-order valence-corrected chi connectivity index (χ4v) is 11.6. The van der Waals surface area contributed by atoms with Crippen molar-refractivity contribution in [2.24, 2.45) is 0 Å². The van der Waals surface area contributed by atoms with E-state index >= 15 is 0 Å². The van der Waals surface area contributed by atoms with Gasteiger partial charge in [-0.05, 0) is 73.5 Å². The SMILES string of the molecule is CCOc1ccc(-c2c3/c(=C(\C#N)c4cnc5cc(OC)c(OC)cc5n4)n(B(c4ccccc4)c4ccccc4)c(-c4ccc(OCC)cc4)c3/c(=C(\C#N)c3cnc4cc(OC)c(OC)cc4n3)n2B(c2ccccc2)c2ccccc2)cc1. The molecule has 14 nitrogen and oxygen atoms in total. The molecular weight excluding hydrogens is 1070 g/mol. The number of methoxy groups -OCH3 is 4. The molecule has 4 heterocycles. The van der Waals surface area contributed by atoms with Crippen LogP contribution in [0.15, 0.2) is 207 Å². The van der Waals surface area contributed by atoms with E-state index in [1.54, 1.807) is 65.1 Å². The Hall–Kier alpha value is -11.1. The second-order valence-corrected chi connectivity index (χ2v) is 20.1. The van der Waals surface area contributed by atoms with Gasteiger partial charge in [-0.15, -0.1) is 0 Å². The highest BCUT2D eigenvalue weighted by atomic mass is 16.5. The Morgan fingerprint density at radius 2 is 0.721 bits per heavy atom. The van der Waals surface area contributed by atoms with E-state index in [9.17, 15) is 10.5 Å². The van der Waals surface area contributed by atoms with E-state index in [0.717, 1.165) is 33.0 Å². The number of nitriles is 2. The lowest BCUT2D eigenvalue weighted by molar-refractivity contribution is 0.340. The minimum absolute atomic E-state index is 0.199. The van der Waals surface area contributed by atoms with Crippen molar-refractivity contribution in [3.8, 4) is 69.2 Å². The van der Waals surface area contributed by atoms with E-state index in [0.29, 0.717) is 103 Å². The molecule has 0 bridgehead atoms. The number of rotatable bonds is 18. The molecule has 0 spiro atoms. The Morgan fingerprint density at radius 1 is 0.419 bits per heavy atom. The van der Waals surface area contributed by atoms with Crippen LogP contribution in [0.3, 0.4) is 0 Å². The molecule has 0 aliphatic heterocycles. The quantitative estimate of drug-likeness (QED) is 0.0750. The Labute approximate surface area is 498 Å². The smallest absolute Gasteiger partial charge is 0.328 e. The maximum Gasteiger partial charge on any atom is 0.328 e. The average Bonchev–Trinajstić information content (AvgIpc) is 1.60. The Bertz CT molecular complexity index is 4310. The van der Waals surface area contributed by atoms with Gasteiger partial charge < -0.3 is 37.4 Å². The maximum absolute atomic E-state index is 12.4. The highest BCUT2D eigenvalue weighted by Gasteiger charge is 2.37. The van der Waals surface area contributed by atoms with E-state index < -0.39 is 13.7 Å². The molecule has 4 aromatic heterocycles. The van der Waals surface area contributed by atoms with E-state index in [4.69, 9.17) is 48.4 Å². The summed E-state index contributed by atoms with van der Waals surface area (Å²) in [5.74, 6) is 3.19. The Kier molecular flexibility index (Phi) is 15.7. The molecule has 0 saturated heterocycles. The van der Waals surface area contributed by atoms with Crippen LogP contribution >= 0.6 is 0 Å². The van der Waals surface area contributed by atoms with E-state index in [1.807, 2.05) is 135 Å². The molecule has 0 radical (unpaired) electrons. The first kappa shape index (κ1) is 55.4. The number of nitrogens with zero attached hydrogens (tertiary/aromatic N) is 8. The lowest BCUT2D eigenvalue weighted by Crippen LogP contribution is -2.54. The summed E-state index contributed by atoms with van der Waals surface area (Å²) in [5.41, 5.74) is 9.52. The van der Waals surface area contributed by atoms with Crippen molar-refractivity contribution in [1.29, 1.82) is 10.5 Å². The zero-order valence-corrected chi connectivity index (χ0v) is 48.2. The molecule has 0 unspecified atom stereocenters. The number of ether oxygens (including phenoxy) is 6. The summed E-state index contributed by atoms with van der Waals surface area (Å²) < 4.78 is 39.9. The van der Waals surface area contributed by atoms with Crippen LogP contribution in [0.4, 0.5) is 0 Å². The summed E-state index contributed by atoms with van der Waals surface area (Å²) in [7, 11) is 6.28. The normalized spacial score (nSPS) is 11.8. The third-order valence-electron chi connectivity index (χ3n) is 15.3. The van der Waals surface area contributed by atoms with Crippen LogP contribution in [0.2, 0.25) is 0 Å². The summed E-state index contributed by atoms with van der Waals surface area (Å²) >= 11 is 0. The van der Waals surface area contributed by atoms with E-state index in [2.05, 4.69) is 69.6 Å². The van der Waals surface area contributed by atoms with Gasteiger partial charge in [0.25, 0.3) is 0 Å². The van der Waals surface area contributed by atoms with Gasteiger partial charge in [-0.25, -0.2) is 9.97 Å². The molecule has 0 N–H and O–H groups in total. The molecule has 8 aromatic carbocycles. The van der Waals surface area contributed by atoms with Crippen molar-refractivity contribution in [3.05, 3.63) is 229 Å².